The fourth-order valence-electron chi connectivity index (χ4n) is 0.102. The van der Waals surface area contributed by atoms with Crippen LogP contribution < -0.4 is 0 Å². The number of terminal acetylenes is 1. The average molecular weight is 621 g/mol. The Morgan fingerprint density at radius 2 is 0.760 bits per heavy atom. The molecule has 0 aromatic carbocycles. The van der Waals surface area contributed by atoms with Gasteiger partial charge in [0.05, 0.1) is 0 Å². The predicted octanol–water partition coefficient (Wildman–Crippen LogP) is 3.30. The summed E-state index contributed by atoms with van der Waals surface area (Å²) in [4.78, 5) is 0. The molecule has 0 fully saturated rings. The first kappa shape index (κ1) is 41.7. The lowest BCUT2D eigenvalue weighted by Gasteiger charge is -1.40. The Labute approximate surface area is 205 Å². The van der Waals surface area contributed by atoms with Gasteiger partial charge in [-0.1, -0.05) is 21.3 Å². The minimum atomic E-state index is 0. The van der Waals surface area contributed by atoms with Crippen LogP contribution in [0.5, 0.6) is 0 Å². The molecule has 0 aliphatic rings. The first-order valence-electron chi connectivity index (χ1n) is 5.21. The van der Waals surface area contributed by atoms with Gasteiger partial charge < -0.3 is 0 Å². The fraction of sp³-hybridized carbons (Fsp3) is 0.600. The van der Waals surface area contributed by atoms with Crippen LogP contribution in [0.2, 0.25) is 0 Å². The molecule has 25 heavy (non-hydrogen) atoms. The second-order valence-corrected chi connectivity index (χ2v) is 21.0. The molecule has 0 nitrogen and oxygen atoms in total. The van der Waals surface area contributed by atoms with Crippen molar-refractivity contribution in [1.29, 1.82) is 0 Å². The second-order valence-electron chi connectivity index (χ2n) is 1.54. The third-order valence-electron chi connectivity index (χ3n) is 0.528. The lowest BCUT2D eigenvalue weighted by atomic mass is 10.7. The SMILES string of the molecule is C.C#CC.CC.CC#CC.S=S.S=S=S=S=S=S=S=S=S=S=S=S=S. The van der Waals surface area contributed by atoms with Gasteiger partial charge in [0.15, 0.2) is 0 Å². The molecule has 0 amide bonds. The van der Waals surface area contributed by atoms with E-state index in [0.717, 1.165) is 0 Å². The maximum Gasteiger partial charge on any atom is 0 e. The zero-order chi connectivity index (χ0) is 19.9. The average Bonchev–Trinajstić information content (AvgIpc) is 2.64. The Hall–Kier alpha value is 2.42. The van der Waals surface area contributed by atoms with Crippen molar-refractivity contribution >= 4 is 142 Å². The van der Waals surface area contributed by atoms with Crippen molar-refractivity contribution in [3.05, 3.63) is 0 Å². The monoisotopic (exact) mass is 620 g/mol. The van der Waals surface area contributed by atoms with E-state index in [9.17, 15) is 0 Å². The van der Waals surface area contributed by atoms with Crippen LogP contribution in [0, 0.1) is 24.2 Å². The molecular formula is C10H20S15. The van der Waals surface area contributed by atoms with Crippen LogP contribution in [0.25, 0.3) is 0 Å². The van der Waals surface area contributed by atoms with Crippen molar-refractivity contribution in [2.45, 2.75) is 42.0 Å². The van der Waals surface area contributed by atoms with E-state index in [4.69, 9.17) is 22.4 Å². The Morgan fingerprint density at radius 3 is 0.880 bits per heavy atom. The van der Waals surface area contributed by atoms with Crippen molar-refractivity contribution in [3.63, 3.8) is 0 Å². The molecule has 0 unspecified atom stereocenters. The van der Waals surface area contributed by atoms with Crippen molar-refractivity contribution in [2.24, 2.45) is 0 Å². The molecule has 0 saturated carbocycles. The van der Waals surface area contributed by atoms with E-state index in [-0.39, 0.29) is 7.43 Å². The molecule has 0 heterocycles. The molecule has 0 aliphatic heterocycles. The van der Waals surface area contributed by atoms with Crippen LogP contribution in [0.3, 0.4) is 0 Å². The Balaban J connectivity index is -0.0000000627. The summed E-state index contributed by atoms with van der Waals surface area (Å²) in [7, 11) is 18.1. The lowest BCUT2D eigenvalue weighted by Crippen LogP contribution is -1.38. The molecule has 0 N–H and O–H groups in total. The van der Waals surface area contributed by atoms with Crippen LogP contribution in [0.4, 0.5) is 0 Å². The van der Waals surface area contributed by atoms with Crippen molar-refractivity contribution < 1.29 is 0 Å². The summed E-state index contributed by atoms with van der Waals surface area (Å²) in [6.07, 6.45) is 4.60. The summed E-state index contributed by atoms with van der Waals surface area (Å²) in [5.74, 6) is 7.61. The summed E-state index contributed by atoms with van der Waals surface area (Å²) in [5, 5.41) is 0. The molecule has 0 spiro atoms. The summed E-state index contributed by atoms with van der Waals surface area (Å²) in [6, 6.07) is 0. The van der Waals surface area contributed by atoms with E-state index in [1.54, 1.807) is 86.8 Å². The number of hydrogen-bond acceptors (Lipinski definition) is 4. The topological polar surface area (TPSA) is 0 Å². The van der Waals surface area contributed by atoms with Gasteiger partial charge in [-0.2, -0.15) is 0 Å². The van der Waals surface area contributed by atoms with E-state index in [1.807, 2.05) is 27.7 Å². The third-order valence-corrected chi connectivity index (χ3v) is 22.7. The van der Waals surface area contributed by atoms with Crippen LogP contribution in [0.15, 0.2) is 0 Å². The molecule has 0 aromatic rings. The first-order chi connectivity index (χ1) is 11.7. The molecule has 150 valence electrons. The summed E-state index contributed by atoms with van der Waals surface area (Å²) < 4.78 is 0. The zero-order valence-corrected chi connectivity index (χ0v) is 25.4. The van der Waals surface area contributed by atoms with Crippen LogP contribution in [-0.2, 0) is 142 Å². The third kappa shape index (κ3) is 87.5. The Morgan fingerprint density at radius 1 is 0.600 bits per heavy atom. The van der Waals surface area contributed by atoms with Crippen molar-refractivity contribution in [2.75, 3.05) is 0 Å². The lowest BCUT2D eigenvalue weighted by molar-refractivity contribution is 1.50. The van der Waals surface area contributed by atoms with Crippen molar-refractivity contribution in [3.8, 4) is 24.2 Å². The zero-order valence-electron chi connectivity index (χ0n) is 13.2. The van der Waals surface area contributed by atoms with Gasteiger partial charge in [0, 0.05) is 142 Å². The largest absolute Gasteiger partial charge is 0.120 e. The van der Waals surface area contributed by atoms with E-state index >= 15 is 0 Å². The minimum absolute atomic E-state index is 0. The first-order valence-corrected chi connectivity index (χ1v) is 22.5. The Kier molecular flexibility index (Phi) is 106. The Bertz CT molecular complexity index is 743. The quantitative estimate of drug-likeness (QED) is 0.381. The van der Waals surface area contributed by atoms with E-state index in [1.165, 1.54) is 17.8 Å². The molecule has 0 aromatic heterocycles. The number of rotatable bonds is 0. The summed E-state index contributed by atoms with van der Waals surface area (Å²) >= 11 is 16.7. The molecule has 15 heteroatoms. The van der Waals surface area contributed by atoms with Gasteiger partial charge in [-0.05, 0) is 20.8 Å². The standard InChI is InChI=1S/C4H6.C3H4.C2H6.CH4.S13.S2/c1-3-4-2;1-3-2;1-2;;1-3-5-7-9-11-13-12-10-8-6-4-2;1-2/h1-2H3;1H,2H3;1-2H3;1H4;;. The smallest absolute Gasteiger partial charge is 0 e. The summed E-state index contributed by atoms with van der Waals surface area (Å²) in [5.41, 5.74) is 0. The van der Waals surface area contributed by atoms with E-state index in [0.29, 0.717) is 0 Å². The second kappa shape index (κ2) is 63.3. The molecule has 0 saturated heterocycles. The van der Waals surface area contributed by atoms with Gasteiger partial charge in [-0.15, -0.1) is 24.2 Å². The number of hydrogen-bond donors (Lipinski definition) is 0. The molecular weight excluding hydrogens is 601 g/mol. The molecule has 0 bridgehead atoms. The van der Waals surface area contributed by atoms with Gasteiger partial charge in [0.1, 0.15) is 0 Å². The van der Waals surface area contributed by atoms with E-state index < -0.39 is 0 Å². The molecule has 0 aliphatic carbocycles. The normalized spacial score (nSPS) is 4.96. The van der Waals surface area contributed by atoms with Gasteiger partial charge >= 0.3 is 0 Å². The highest BCUT2D eigenvalue weighted by molar-refractivity contribution is 8.75. The minimum Gasteiger partial charge on any atom is -0.120 e. The van der Waals surface area contributed by atoms with Crippen LogP contribution >= 0.6 is 0 Å². The van der Waals surface area contributed by atoms with Gasteiger partial charge in [-0.25, -0.2) is 0 Å². The highest BCUT2D eigenvalue weighted by Gasteiger charge is 1.39. The van der Waals surface area contributed by atoms with Crippen LogP contribution in [0.1, 0.15) is 42.0 Å². The predicted molar refractivity (Wildman–Crippen MR) is 162 cm³/mol. The summed E-state index contributed by atoms with van der Waals surface area (Å²) in [6.45, 7) is 9.29. The van der Waals surface area contributed by atoms with Crippen LogP contribution in [-0.4, -0.2) is 0 Å². The highest BCUT2D eigenvalue weighted by Crippen LogP contribution is 1.39. The maximum atomic E-state index is 4.70. The molecule has 0 atom stereocenters. The molecule has 0 radical (unpaired) electrons. The van der Waals surface area contributed by atoms with Gasteiger partial charge in [-0.3, -0.25) is 0 Å². The van der Waals surface area contributed by atoms with Crippen molar-refractivity contribution in [1.82, 2.24) is 0 Å². The van der Waals surface area contributed by atoms with Gasteiger partial charge in [0.25, 0.3) is 0 Å². The van der Waals surface area contributed by atoms with Gasteiger partial charge in [0.2, 0.25) is 0 Å². The molecule has 0 rings (SSSR count). The maximum absolute atomic E-state index is 4.70. The van der Waals surface area contributed by atoms with E-state index in [2.05, 4.69) is 46.6 Å². The fourth-order valence-corrected chi connectivity index (χ4v) is 24.8. The highest BCUT2D eigenvalue weighted by atomic mass is 33.5.